The molecule has 1 amide bonds. The Morgan fingerprint density at radius 2 is 1.74 bits per heavy atom. The first-order valence-electron chi connectivity index (χ1n) is 8.32. The van der Waals surface area contributed by atoms with Crippen LogP contribution in [0.1, 0.15) is 6.42 Å². The summed E-state index contributed by atoms with van der Waals surface area (Å²) in [5.74, 6) is 0.675. The summed E-state index contributed by atoms with van der Waals surface area (Å²) in [6, 6.07) is 10.6. The van der Waals surface area contributed by atoms with Crippen molar-refractivity contribution in [1.29, 1.82) is 0 Å². The number of imidazole rings is 1. The van der Waals surface area contributed by atoms with Crippen molar-refractivity contribution in [3.05, 3.63) is 51.9 Å². The number of amides is 1. The maximum Gasteiger partial charge on any atom is 0.328 e. The van der Waals surface area contributed by atoms with Gasteiger partial charge in [-0.2, -0.15) is 0 Å². The molecule has 0 unspecified atom stereocenters. The number of fused-ring (bicyclic) bond motifs is 1. The molecule has 0 bridgehead atoms. The summed E-state index contributed by atoms with van der Waals surface area (Å²) in [5.41, 5.74) is 1.88. The molecule has 27 heavy (non-hydrogen) atoms. The number of nitrogens with zero attached hydrogens (tertiary/aromatic N) is 2. The van der Waals surface area contributed by atoms with Crippen LogP contribution in [0.2, 0.25) is 5.02 Å². The molecule has 0 saturated carbocycles. The predicted octanol–water partition coefficient (Wildman–Crippen LogP) is 3.04. The fourth-order valence-electron chi connectivity index (χ4n) is 2.96. The third kappa shape index (κ3) is 3.64. The average molecular weight is 390 g/mol. The molecule has 8 heteroatoms. The zero-order valence-corrected chi connectivity index (χ0v) is 16.0. The van der Waals surface area contributed by atoms with Crippen molar-refractivity contribution in [3.63, 3.8) is 0 Å². The largest absolute Gasteiger partial charge is 0.493 e. The molecular formula is C19H20ClN3O4. The number of para-hydroxylation sites is 2. The van der Waals surface area contributed by atoms with Gasteiger partial charge in [-0.05, 0) is 12.1 Å². The summed E-state index contributed by atoms with van der Waals surface area (Å²) in [7, 11) is 4.73. The predicted molar refractivity (Wildman–Crippen MR) is 105 cm³/mol. The van der Waals surface area contributed by atoms with Crippen molar-refractivity contribution in [2.75, 3.05) is 19.5 Å². The van der Waals surface area contributed by atoms with Gasteiger partial charge in [-0.3, -0.25) is 13.9 Å². The topological polar surface area (TPSA) is 74.5 Å². The van der Waals surface area contributed by atoms with Crippen molar-refractivity contribution < 1.29 is 14.3 Å². The van der Waals surface area contributed by atoms with E-state index >= 15 is 0 Å². The van der Waals surface area contributed by atoms with Gasteiger partial charge in [0.05, 0.1) is 36.0 Å². The molecule has 0 radical (unpaired) electrons. The van der Waals surface area contributed by atoms with Crippen molar-refractivity contribution in [3.8, 4) is 11.5 Å². The molecule has 7 nitrogen and oxygen atoms in total. The monoisotopic (exact) mass is 389 g/mol. The van der Waals surface area contributed by atoms with Crippen molar-refractivity contribution >= 4 is 34.2 Å². The molecule has 0 atom stereocenters. The molecule has 0 spiro atoms. The van der Waals surface area contributed by atoms with Crippen molar-refractivity contribution in [2.24, 2.45) is 7.05 Å². The fraction of sp³-hybridized carbons (Fsp3) is 0.263. The van der Waals surface area contributed by atoms with E-state index in [2.05, 4.69) is 5.32 Å². The molecule has 2 aromatic carbocycles. The maximum atomic E-state index is 12.4. The number of carbonyl (C=O) groups excluding carboxylic acids is 1. The van der Waals surface area contributed by atoms with Gasteiger partial charge in [0.15, 0.2) is 11.5 Å². The molecule has 1 N–H and O–H groups in total. The van der Waals surface area contributed by atoms with Crippen LogP contribution in [0.3, 0.4) is 0 Å². The number of methoxy groups -OCH3 is 2. The lowest BCUT2D eigenvalue weighted by Gasteiger charge is -2.12. The van der Waals surface area contributed by atoms with Crippen LogP contribution in [-0.4, -0.2) is 29.3 Å². The van der Waals surface area contributed by atoms with Gasteiger partial charge >= 0.3 is 5.69 Å². The highest BCUT2D eigenvalue weighted by Gasteiger charge is 2.14. The number of aryl methyl sites for hydroxylation is 2. The second kappa shape index (κ2) is 7.75. The number of anilines is 1. The van der Waals surface area contributed by atoms with E-state index in [1.807, 2.05) is 24.3 Å². The highest BCUT2D eigenvalue weighted by molar-refractivity contribution is 6.34. The van der Waals surface area contributed by atoms with Crippen LogP contribution in [-0.2, 0) is 18.4 Å². The molecule has 3 rings (SSSR count). The van der Waals surface area contributed by atoms with Crippen LogP contribution in [0.4, 0.5) is 5.69 Å². The van der Waals surface area contributed by atoms with Gasteiger partial charge in [-0.25, -0.2) is 4.79 Å². The van der Waals surface area contributed by atoms with E-state index in [-0.39, 0.29) is 24.6 Å². The highest BCUT2D eigenvalue weighted by Crippen LogP contribution is 2.36. The molecule has 0 aliphatic carbocycles. The molecule has 1 heterocycles. The van der Waals surface area contributed by atoms with Crippen LogP contribution in [0.5, 0.6) is 11.5 Å². The van der Waals surface area contributed by atoms with Crippen LogP contribution >= 0.6 is 11.6 Å². The van der Waals surface area contributed by atoms with Gasteiger partial charge in [-0.1, -0.05) is 23.7 Å². The first kappa shape index (κ1) is 18.8. The molecule has 3 aromatic rings. The number of hydrogen-bond donors (Lipinski definition) is 1. The lowest BCUT2D eigenvalue weighted by Crippen LogP contribution is -2.24. The second-order valence-electron chi connectivity index (χ2n) is 5.97. The molecule has 0 aliphatic rings. The molecular weight excluding hydrogens is 370 g/mol. The Morgan fingerprint density at radius 3 is 2.41 bits per heavy atom. The van der Waals surface area contributed by atoms with E-state index in [1.54, 1.807) is 28.3 Å². The normalized spacial score (nSPS) is 10.8. The van der Waals surface area contributed by atoms with Gasteiger partial charge in [0.25, 0.3) is 0 Å². The summed E-state index contributed by atoms with van der Waals surface area (Å²) in [6.07, 6.45) is 0.124. The van der Waals surface area contributed by atoms with E-state index in [4.69, 9.17) is 21.1 Å². The quantitative estimate of drug-likeness (QED) is 0.703. The van der Waals surface area contributed by atoms with E-state index in [0.29, 0.717) is 22.2 Å². The van der Waals surface area contributed by atoms with Crippen molar-refractivity contribution in [1.82, 2.24) is 9.13 Å². The smallest absolute Gasteiger partial charge is 0.328 e. The zero-order valence-electron chi connectivity index (χ0n) is 15.3. The van der Waals surface area contributed by atoms with Gasteiger partial charge in [0, 0.05) is 32.1 Å². The lowest BCUT2D eigenvalue weighted by molar-refractivity contribution is -0.116. The Morgan fingerprint density at radius 1 is 1.11 bits per heavy atom. The zero-order chi connectivity index (χ0) is 19.6. The maximum absolute atomic E-state index is 12.4. The minimum absolute atomic E-state index is 0.124. The number of ether oxygens (including phenoxy) is 2. The first-order valence-corrected chi connectivity index (χ1v) is 8.69. The van der Waals surface area contributed by atoms with Crippen LogP contribution < -0.4 is 20.5 Å². The number of benzene rings is 2. The lowest BCUT2D eigenvalue weighted by atomic mass is 10.2. The van der Waals surface area contributed by atoms with E-state index in [0.717, 1.165) is 11.0 Å². The molecule has 142 valence electrons. The van der Waals surface area contributed by atoms with E-state index < -0.39 is 0 Å². The van der Waals surface area contributed by atoms with E-state index in [9.17, 15) is 9.59 Å². The number of nitrogens with one attached hydrogen (secondary N) is 1. The van der Waals surface area contributed by atoms with Gasteiger partial charge < -0.3 is 14.8 Å². The van der Waals surface area contributed by atoms with Crippen molar-refractivity contribution in [2.45, 2.75) is 13.0 Å². The molecule has 0 fully saturated rings. The summed E-state index contributed by atoms with van der Waals surface area (Å²) < 4.78 is 13.6. The Balaban J connectivity index is 1.76. The van der Waals surface area contributed by atoms with Gasteiger partial charge in [-0.15, -0.1) is 0 Å². The number of rotatable bonds is 6. The first-order chi connectivity index (χ1) is 13.0. The summed E-state index contributed by atoms with van der Waals surface area (Å²) in [6.45, 7) is 0.261. The minimum atomic E-state index is -0.260. The third-order valence-corrected chi connectivity index (χ3v) is 4.67. The van der Waals surface area contributed by atoms with Crippen LogP contribution in [0, 0.1) is 0 Å². The molecule has 0 saturated heterocycles. The SMILES string of the molecule is COc1cc(Cl)c(NC(=O)CCn2c(=O)n(C)c3ccccc32)cc1OC. The Bertz CT molecular complexity index is 1060. The summed E-state index contributed by atoms with van der Waals surface area (Å²) in [5, 5.41) is 3.09. The van der Waals surface area contributed by atoms with Crippen LogP contribution in [0.25, 0.3) is 11.0 Å². The van der Waals surface area contributed by atoms with Gasteiger partial charge in [0.2, 0.25) is 5.91 Å². The Kier molecular flexibility index (Phi) is 5.41. The number of aromatic nitrogens is 2. The summed E-state index contributed by atoms with van der Waals surface area (Å²) >= 11 is 6.20. The van der Waals surface area contributed by atoms with E-state index in [1.165, 1.54) is 14.2 Å². The number of hydrogen-bond acceptors (Lipinski definition) is 4. The highest BCUT2D eigenvalue weighted by atomic mass is 35.5. The Hall–Kier alpha value is -2.93. The minimum Gasteiger partial charge on any atom is -0.493 e. The number of halogens is 1. The summed E-state index contributed by atoms with van der Waals surface area (Å²) in [4.78, 5) is 24.8. The fourth-order valence-corrected chi connectivity index (χ4v) is 3.16. The third-order valence-electron chi connectivity index (χ3n) is 4.36. The molecule has 1 aromatic heterocycles. The standard InChI is InChI=1S/C19H20ClN3O4/c1-22-14-6-4-5-7-15(14)23(19(22)25)9-8-18(24)21-13-11-17(27-3)16(26-2)10-12(13)20/h4-7,10-11H,8-9H2,1-3H3,(H,21,24). The Labute approximate surface area is 161 Å². The average Bonchev–Trinajstić information content (AvgIpc) is 2.92. The number of carbonyl (C=O) groups is 1. The van der Waals surface area contributed by atoms with Crippen LogP contribution in [0.15, 0.2) is 41.2 Å². The second-order valence-corrected chi connectivity index (χ2v) is 6.37. The molecule has 0 aliphatic heterocycles. The van der Waals surface area contributed by atoms with Gasteiger partial charge in [0.1, 0.15) is 0 Å².